The van der Waals surface area contributed by atoms with E-state index in [1.54, 1.807) is 0 Å². The van der Waals surface area contributed by atoms with Crippen LogP contribution in [0.3, 0.4) is 0 Å². The van der Waals surface area contributed by atoms with Crippen molar-refractivity contribution in [2.24, 2.45) is 0 Å². The monoisotopic (exact) mass is 386 g/mol. The molecule has 0 bridgehead atoms. The van der Waals surface area contributed by atoms with E-state index in [0.717, 1.165) is 18.1 Å². The molecule has 1 unspecified atom stereocenters. The lowest BCUT2D eigenvalue weighted by Gasteiger charge is -2.25. The molecule has 1 N–H and O–H groups in total. The summed E-state index contributed by atoms with van der Waals surface area (Å²) in [6.07, 6.45) is 1.88. The maximum absolute atomic E-state index is 14.0. The van der Waals surface area contributed by atoms with Crippen LogP contribution in [0.5, 0.6) is 0 Å². The first-order valence-corrected chi connectivity index (χ1v) is 9.55. The first-order valence-electron chi connectivity index (χ1n) is 9.55. The third kappa shape index (κ3) is 4.55. The van der Waals surface area contributed by atoms with E-state index >= 15 is 0 Å². The van der Waals surface area contributed by atoms with Gasteiger partial charge in [0.25, 0.3) is 0 Å². The standard InChI is InChI=1S/C22H24F2N2O2/c1-2-15-6-3-4-7-16(15)13-25-20(27)12-18-10-11-21(28)26(18)14-17-8-5-9-19(23)22(17)24/h3-9,18H,2,10-14H2,1H3,(H,25,27). The highest BCUT2D eigenvalue weighted by atomic mass is 19.2. The number of hydrogen-bond donors (Lipinski definition) is 1. The zero-order valence-corrected chi connectivity index (χ0v) is 15.9. The summed E-state index contributed by atoms with van der Waals surface area (Å²) in [5, 5.41) is 2.91. The molecule has 28 heavy (non-hydrogen) atoms. The Bertz CT molecular complexity index is 869. The molecule has 148 valence electrons. The summed E-state index contributed by atoms with van der Waals surface area (Å²) in [5.41, 5.74) is 2.37. The lowest BCUT2D eigenvalue weighted by Crippen LogP contribution is -2.37. The second-order valence-corrected chi connectivity index (χ2v) is 7.03. The Morgan fingerprint density at radius 3 is 2.57 bits per heavy atom. The first-order chi connectivity index (χ1) is 13.5. The fourth-order valence-corrected chi connectivity index (χ4v) is 3.63. The van der Waals surface area contributed by atoms with Gasteiger partial charge in [-0.05, 0) is 30.0 Å². The van der Waals surface area contributed by atoms with E-state index in [-0.39, 0.29) is 36.4 Å². The highest BCUT2D eigenvalue weighted by Gasteiger charge is 2.33. The predicted molar refractivity (Wildman–Crippen MR) is 102 cm³/mol. The molecule has 1 atom stereocenters. The highest BCUT2D eigenvalue weighted by molar-refractivity contribution is 5.82. The van der Waals surface area contributed by atoms with Crippen LogP contribution in [0.4, 0.5) is 8.78 Å². The van der Waals surface area contributed by atoms with E-state index in [1.807, 2.05) is 24.3 Å². The number of carbonyl (C=O) groups is 2. The molecule has 1 fully saturated rings. The van der Waals surface area contributed by atoms with Crippen molar-refractivity contribution in [2.45, 2.75) is 51.7 Å². The van der Waals surface area contributed by atoms with Gasteiger partial charge in [0.05, 0.1) is 0 Å². The number of likely N-dealkylation sites (tertiary alicyclic amines) is 1. The minimum atomic E-state index is -0.943. The van der Waals surface area contributed by atoms with Gasteiger partial charge in [0.1, 0.15) is 0 Å². The van der Waals surface area contributed by atoms with Gasteiger partial charge >= 0.3 is 0 Å². The molecule has 1 heterocycles. The van der Waals surface area contributed by atoms with Gasteiger partial charge in [-0.25, -0.2) is 8.78 Å². The Labute approximate surface area is 163 Å². The van der Waals surface area contributed by atoms with Crippen molar-refractivity contribution in [3.8, 4) is 0 Å². The van der Waals surface area contributed by atoms with E-state index in [1.165, 1.54) is 22.6 Å². The average Bonchev–Trinajstić information content (AvgIpc) is 3.03. The molecule has 1 aliphatic rings. The normalized spacial score (nSPS) is 16.5. The van der Waals surface area contributed by atoms with E-state index in [0.29, 0.717) is 19.4 Å². The van der Waals surface area contributed by atoms with Gasteiger partial charge < -0.3 is 10.2 Å². The maximum Gasteiger partial charge on any atom is 0.223 e. The van der Waals surface area contributed by atoms with Crippen molar-refractivity contribution in [3.63, 3.8) is 0 Å². The fraction of sp³-hybridized carbons (Fsp3) is 0.364. The zero-order chi connectivity index (χ0) is 20.1. The summed E-state index contributed by atoms with van der Waals surface area (Å²) in [4.78, 5) is 26.1. The van der Waals surface area contributed by atoms with Crippen molar-refractivity contribution >= 4 is 11.8 Å². The smallest absolute Gasteiger partial charge is 0.223 e. The highest BCUT2D eigenvalue weighted by Crippen LogP contribution is 2.25. The van der Waals surface area contributed by atoms with Crippen LogP contribution in [-0.4, -0.2) is 22.8 Å². The van der Waals surface area contributed by atoms with Gasteiger partial charge in [-0.15, -0.1) is 0 Å². The maximum atomic E-state index is 14.0. The summed E-state index contributed by atoms with van der Waals surface area (Å²) in [7, 11) is 0. The number of halogens is 2. The van der Waals surface area contributed by atoms with Crippen LogP contribution in [0.15, 0.2) is 42.5 Å². The van der Waals surface area contributed by atoms with Crippen LogP contribution in [0.2, 0.25) is 0 Å². The van der Waals surface area contributed by atoms with Gasteiger partial charge in [-0.3, -0.25) is 9.59 Å². The SMILES string of the molecule is CCc1ccccc1CNC(=O)CC1CCC(=O)N1Cc1cccc(F)c1F. The summed E-state index contributed by atoms with van der Waals surface area (Å²) in [6.45, 7) is 2.47. The van der Waals surface area contributed by atoms with E-state index < -0.39 is 11.6 Å². The largest absolute Gasteiger partial charge is 0.352 e. The molecule has 6 heteroatoms. The Morgan fingerprint density at radius 2 is 1.82 bits per heavy atom. The van der Waals surface area contributed by atoms with E-state index in [9.17, 15) is 18.4 Å². The summed E-state index contributed by atoms with van der Waals surface area (Å²) in [6, 6.07) is 11.5. The average molecular weight is 386 g/mol. The van der Waals surface area contributed by atoms with Crippen LogP contribution in [0.25, 0.3) is 0 Å². The van der Waals surface area contributed by atoms with Crippen LogP contribution in [-0.2, 0) is 29.1 Å². The summed E-state index contributed by atoms with van der Waals surface area (Å²) < 4.78 is 27.4. The van der Waals surface area contributed by atoms with E-state index in [2.05, 4.69) is 12.2 Å². The second kappa shape index (κ2) is 8.95. The number of hydrogen-bond acceptors (Lipinski definition) is 2. The Kier molecular flexibility index (Phi) is 6.39. The van der Waals surface area contributed by atoms with E-state index in [4.69, 9.17) is 0 Å². The third-order valence-electron chi connectivity index (χ3n) is 5.22. The lowest BCUT2D eigenvalue weighted by atomic mass is 10.1. The fourth-order valence-electron chi connectivity index (χ4n) is 3.63. The molecular weight excluding hydrogens is 362 g/mol. The summed E-state index contributed by atoms with van der Waals surface area (Å²) >= 11 is 0. The van der Waals surface area contributed by atoms with Gasteiger partial charge in [0, 0.05) is 37.5 Å². The Morgan fingerprint density at radius 1 is 1.11 bits per heavy atom. The molecule has 0 spiro atoms. The van der Waals surface area contributed by atoms with Crippen molar-refractivity contribution in [1.29, 1.82) is 0 Å². The van der Waals surface area contributed by atoms with Crippen molar-refractivity contribution in [3.05, 3.63) is 70.8 Å². The molecule has 0 saturated carbocycles. The minimum absolute atomic E-state index is 0.0287. The van der Waals surface area contributed by atoms with Gasteiger partial charge in [-0.1, -0.05) is 43.3 Å². The van der Waals surface area contributed by atoms with Crippen molar-refractivity contribution < 1.29 is 18.4 Å². The lowest BCUT2D eigenvalue weighted by molar-refractivity contribution is -0.130. The molecule has 2 aromatic carbocycles. The predicted octanol–water partition coefficient (Wildman–Crippen LogP) is 3.72. The Balaban J connectivity index is 1.61. The number of amides is 2. The first kappa shape index (κ1) is 20.0. The van der Waals surface area contributed by atoms with Crippen LogP contribution in [0.1, 0.15) is 42.9 Å². The molecule has 0 aromatic heterocycles. The number of rotatable bonds is 7. The number of aryl methyl sites for hydroxylation is 1. The van der Waals surface area contributed by atoms with Crippen molar-refractivity contribution in [2.75, 3.05) is 0 Å². The molecule has 0 radical (unpaired) electrons. The molecule has 1 aliphatic heterocycles. The molecular formula is C22H24F2N2O2. The van der Waals surface area contributed by atoms with Crippen molar-refractivity contribution in [1.82, 2.24) is 10.2 Å². The quantitative estimate of drug-likeness (QED) is 0.788. The minimum Gasteiger partial charge on any atom is -0.352 e. The van der Waals surface area contributed by atoms with Gasteiger partial charge in [0.15, 0.2) is 11.6 Å². The molecule has 2 amide bonds. The number of benzene rings is 2. The van der Waals surface area contributed by atoms with Crippen LogP contribution in [0, 0.1) is 11.6 Å². The van der Waals surface area contributed by atoms with Gasteiger partial charge in [0.2, 0.25) is 11.8 Å². The van der Waals surface area contributed by atoms with Gasteiger partial charge in [-0.2, -0.15) is 0 Å². The zero-order valence-electron chi connectivity index (χ0n) is 15.9. The molecule has 1 saturated heterocycles. The molecule has 2 aromatic rings. The Hall–Kier alpha value is -2.76. The number of nitrogens with zero attached hydrogens (tertiary/aromatic N) is 1. The van der Waals surface area contributed by atoms with Crippen LogP contribution < -0.4 is 5.32 Å². The molecule has 3 rings (SSSR count). The van der Waals surface area contributed by atoms with Crippen LogP contribution >= 0.6 is 0 Å². The summed E-state index contributed by atoms with van der Waals surface area (Å²) in [5.74, 6) is -2.18. The second-order valence-electron chi connectivity index (χ2n) is 7.03. The molecule has 4 nitrogen and oxygen atoms in total. The number of carbonyl (C=O) groups excluding carboxylic acids is 2. The topological polar surface area (TPSA) is 49.4 Å². The third-order valence-corrected chi connectivity index (χ3v) is 5.22. The molecule has 0 aliphatic carbocycles. The number of nitrogens with one attached hydrogen (secondary N) is 1.